The van der Waals surface area contributed by atoms with Gasteiger partial charge >= 0.3 is 0 Å². The zero-order valence-electron chi connectivity index (χ0n) is 16.8. The molecule has 2 aromatic rings. The maximum absolute atomic E-state index is 12.8. The molecule has 1 fully saturated rings. The summed E-state index contributed by atoms with van der Waals surface area (Å²) in [5.41, 5.74) is 2.32. The fraction of sp³-hybridized carbons (Fsp3) is 0.579. The third-order valence-corrected chi connectivity index (χ3v) is 8.34. The zero-order chi connectivity index (χ0) is 20.6. The van der Waals surface area contributed by atoms with Gasteiger partial charge < -0.3 is 4.98 Å². The number of thiophene rings is 1. The van der Waals surface area contributed by atoms with E-state index < -0.39 is 10.2 Å². The lowest BCUT2D eigenvalue weighted by atomic mass is 9.96. The fourth-order valence-corrected chi connectivity index (χ4v) is 5.84. The molecule has 0 radical (unpaired) electrons. The summed E-state index contributed by atoms with van der Waals surface area (Å²) >= 11 is 1.71. The van der Waals surface area contributed by atoms with E-state index in [-0.39, 0.29) is 18.0 Å². The van der Waals surface area contributed by atoms with Crippen LogP contribution < -0.4 is 5.56 Å². The van der Waals surface area contributed by atoms with Crippen LogP contribution in [0.15, 0.2) is 21.6 Å². The van der Waals surface area contributed by atoms with Crippen LogP contribution in [0.5, 0.6) is 0 Å². The Balaban J connectivity index is 1.52. The molecule has 2 aliphatic rings. The van der Waals surface area contributed by atoms with Crippen molar-refractivity contribution in [2.24, 2.45) is 0 Å². The normalized spacial score (nSPS) is 21.4. The summed E-state index contributed by atoms with van der Waals surface area (Å²) in [6.07, 6.45) is 2.54. The predicted molar refractivity (Wildman–Crippen MR) is 113 cm³/mol. The minimum atomic E-state index is -3.54. The number of fused-ring (bicyclic) bond motifs is 1. The van der Waals surface area contributed by atoms with E-state index >= 15 is 0 Å². The number of nitrogens with zero attached hydrogens (tertiary/aromatic N) is 4. The van der Waals surface area contributed by atoms with Crippen LogP contribution in [-0.4, -0.2) is 65.6 Å². The van der Waals surface area contributed by atoms with Crippen molar-refractivity contribution in [3.05, 3.63) is 49.8 Å². The Labute approximate surface area is 175 Å². The van der Waals surface area contributed by atoms with Gasteiger partial charge in [0.05, 0.1) is 11.3 Å². The third-order valence-electron chi connectivity index (χ3n) is 5.72. The number of H-pyrrole nitrogens is 1. The van der Waals surface area contributed by atoms with E-state index in [0.717, 1.165) is 44.0 Å². The van der Waals surface area contributed by atoms with Crippen LogP contribution in [0, 0.1) is 0 Å². The standard InChI is InChI=1S/C19H27N5O3S2/c1-22(2)29(26,27)24-8-5-17-16(12-24)19(25)21-18(20-17)15-4-3-7-23(11-15)10-14-6-9-28-13-14/h6,9,13,15H,3-5,7-8,10-12H2,1-2H3,(H,20,21,25)/t15-/m0/s1. The number of piperidine rings is 1. The zero-order valence-corrected chi connectivity index (χ0v) is 18.4. The highest BCUT2D eigenvalue weighted by Gasteiger charge is 2.32. The molecule has 0 spiro atoms. The first-order valence-corrected chi connectivity index (χ1v) is 12.2. The van der Waals surface area contributed by atoms with Crippen molar-refractivity contribution in [2.45, 2.75) is 38.3 Å². The maximum atomic E-state index is 12.8. The SMILES string of the molecule is CN(C)S(=O)(=O)N1CCc2nc([C@H]3CCCN(Cc4ccsc4)C3)[nH]c(=O)c2C1. The Hall–Kier alpha value is -1.59. The molecule has 4 heterocycles. The molecule has 2 aromatic heterocycles. The van der Waals surface area contributed by atoms with Gasteiger partial charge in [-0.1, -0.05) is 0 Å². The number of aromatic amines is 1. The van der Waals surface area contributed by atoms with Crippen molar-refractivity contribution < 1.29 is 8.42 Å². The Bertz CT molecular complexity index is 1020. The van der Waals surface area contributed by atoms with E-state index in [0.29, 0.717) is 18.5 Å². The molecule has 2 aliphatic heterocycles. The number of likely N-dealkylation sites (tertiary alicyclic amines) is 1. The van der Waals surface area contributed by atoms with Gasteiger partial charge in [0.2, 0.25) is 0 Å². The second kappa shape index (κ2) is 8.27. The van der Waals surface area contributed by atoms with Crippen LogP contribution in [0.1, 0.15) is 41.4 Å². The monoisotopic (exact) mass is 437 g/mol. The lowest BCUT2D eigenvalue weighted by Crippen LogP contribution is -2.45. The smallest absolute Gasteiger partial charge is 0.281 e. The quantitative estimate of drug-likeness (QED) is 0.763. The summed E-state index contributed by atoms with van der Waals surface area (Å²) in [4.78, 5) is 22.9. The molecule has 8 nitrogen and oxygen atoms in total. The summed E-state index contributed by atoms with van der Waals surface area (Å²) in [5, 5.41) is 4.27. The fourth-order valence-electron chi connectivity index (χ4n) is 4.10. The van der Waals surface area contributed by atoms with Gasteiger partial charge in [-0.05, 0) is 41.8 Å². The maximum Gasteiger partial charge on any atom is 0.281 e. The van der Waals surface area contributed by atoms with Gasteiger partial charge in [0.25, 0.3) is 15.8 Å². The average molecular weight is 438 g/mol. The molecule has 0 amide bonds. The van der Waals surface area contributed by atoms with E-state index in [1.54, 1.807) is 11.3 Å². The van der Waals surface area contributed by atoms with Gasteiger partial charge in [0.1, 0.15) is 5.82 Å². The molecule has 0 aromatic carbocycles. The van der Waals surface area contributed by atoms with Crippen LogP contribution in [0.2, 0.25) is 0 Å². The summed E-state index contributed by atoms with van der Waals surface area (Å²) in [6.45, 7) is 3.27. The van der Waals surface area contributed by atoms with Gasteiger partial charge in [0, 0.05) is 52.6 Å². The summed E-state index contributed by atoms with van der Waals surface area (Å²) in [5.74, 6) is 0.941. The number of nitrogens with one attached hydrogen (secondary N) is 1. The molecule has 0 saturated carbocycles. The van der Waals surface area contributed by atoms with Crippen LogP contribution in [0.25, 0.3) is 0 Å². The molecule has 158 valence electrons. The van der Waals surface area contributed by atoms with Crippen molar-refractivity contribution in [2.75, 3.05) is 33.7 Å². The average Bonchev–Trinajstić information content (AvgIpc) is 3.20. The highest BCUT2D eigenvalue weighted by molar-refractivity contribution is 7.86. The first kappa shape index (κ1) is 20.7. The lowest BCUT2D eigenvalue weighted by Gasteiger charge is -2.33. The molecular weight excluding hydrogens is 410 g/mol. The Morgan fingerprint density at radius 2 is 2.17 bits per heavy atom. The third kappa shape index (κ3) is 4.31. The molecule has 1 atom stereocenters. The van der Waals surface area contributed by atoms with Crippen LogP contribution in [0.3, 0.4) is 0 Å². The van der Waals surface area contributed by atoms with E-state index in [9.17, 15) is 13.2 Å². The summed E-state index contributed by atoms with van der Waals surface area (Å²) < 4.78 is 27.3. The molecule has 1 N–H and O–H groups in total. The molecular formula is C19H27N5O3S2. The second-order valence-corrected chi connectivity index (χ2v) is 10.9. The Morgan fingerprint density at radius 3 is 2.90 bits per heavy atom. The van der Waals surface area contributed by atoms with Gasteiger partial charge in [0.15, 0.2) is 0 Å². The Morgan fingerprint density at radius 1 is 1.34 bits per heavy atom. The highest BCUT2D eigenvalue weighted by atomic mass is 32.2. The van der Waals surface area contributed by atoms with Crippen LogP contribution >= 0.6 is 11.3 Å². The molecule has 4 rings (SSSR count). The van der Waals surface area contributed by atoms with Crippen molar-refractivity contribution >= 4 is 21.5 Å². The van der Waals surface area contributed by atoms with Crippen LogP contribution in [0.4, 0.5) is 0 Å². The molecule has 0 unspecified atom stereocenters. The molecule has 0 bridgehead atoms. The van der Waals surface area contributed by atoms with E-state index in [4.69, 9.17) is 4.98 Å². The van der Waals surface area contributed by atoms with Gasteiger partial charge in [-0.2, -0.15) is 28.4 Å². The van der Waals surface area contributed by atoms with Crippen molar-refractivity contribution in [1.82, 2.24) is 23.5 Å². The highest BCUT2D eigenvalue weighted by Crippen LogP contribution is 2.27. The van der Waals surface area contributed by atoms with Crippen molar-refractivity contribution in [1.29, 1.82) is 0 Å². The van der Waals surface area contributed by atoms with Gasteiger partial charge in [-0.3, -0.25) is 9.69 Å². The van der Waals surface area contributed by atoms with Gasteiger partial charge in [-0.25, -0.2) is 4.98 Å². The lowest BCUT2D eigenvalue weighted by molar-refractivity contribution is 0.196. The second-order valence-electron chi connectivity index (χ2n) is 7.96. The number of hydrogen-bond donors (Lipinski definition) is 1. The van der Waals surface area contributed by atoms with Crippen molar-refractivity contribution in [3.63, 3.8) is 0 Å². The van der Waals surface area contributed by atoms with E-state index in [2.05, 4.69) is 26.7 Å². The summed E-state index contributed by atoms with van der Waals surface area (Å²) in [7, 11) is -0.539. The predicted octanol–water partition coefficient (Wildman–Crippen LogP) is 1.38. The largest absolute Gasteiger partial charge is 0.310 e. The number of hydrogen-bond acceptors (Lipinski definition) is 6. The molecule has 1 saturated heterocycles. The van der Waals surface area contributed by atoms with Gasteiger partial charge in [-0.15, -0.1) is 0 Å². The summed E-state index contributed by atoms with van der Waals surface area (Å²) in [6, 6.07) is 2.15. The number of aromatic nitrogens is 2. The topological polar surface area (TPSA) is 89.6 Å². The van der Waals surface area contributed by atoms with Crippen molar-refractivity contribution in [3.8, 4) is 0 Å². The first-order chi connectivity index (χ1) is 13.8. The number of rotatable bonds is 5. The van der Waals surface area contributed by atoms with Crippen LogP contribution in [-0.2, 0) is 29.7 Å². The van der Waals surface area contributed by atoms with E-state index in [1.165, 1.54) is 28.3 Å². The molecule has 0 aliphatic carbocycles. The Kier molecular flexibility index (Phi) is 5.90. The minimum absolute atomic E-state index is 0.0768. The van der Waals surface area contributed by atoms with E-state index in [1.807, 2.05) is 0 Å². The molecule has 29 heavy (non-hydrogen) atoms. The first-order valence-electron chi connectivity index (χ1n) is 9.87. The molecule has 10 heteroatoms. The minimum Gasteiger partial charge on any atom is -0.310 e.